The molecule has 2 heterocycles. The highest BCUT2D eigenvalue weighted by Gasteiger charge is 2.36. The number of nitrogens with one attached hydrogen (secondary N) is 1. The van der Waals surface area contributed by atoms with Crippen LogP contribution in [0.5, 0.6) is 11.5 Å². The van der Waals surface area contributed by atoms with E-state index < -0.39 is 16.0 Å². The number of hydrazone groups is 1. The number of hydrogen-bond acceptors (Lipinski definition) is 8. The zero-order chi connectivity index (χ0) is 25.5. The zero-order valence-corrected chi connectivity index (χ0v) is 22.4. The molecule has 2 aromatic carbocycles. The lowest BCUT2D eigenvalue weighted by atomic mass is 10.1. The maximum Gasteiger partial charge on any atom is 0.339 e. The summed E-state index contributed by atoms with van der Waals surface area (Å²) < 4.78 is 36.6. The van der Waals surface area contributed by atoms with Crippen LogP contribution in [0.4, 0.5) is 0 Å². The molecular formula is C23H21BrN4O5S2. The fourth-order valence-electron chi connectivity index (χ4n) is 3.17. The number of aryl methyl sites for hydroxylation is 1. The molecule has 1 amide bonds. The standard InChI is InChI=1S/C23H21BrN4O5S2/c1-12(2)22-27-28-20(25)16(21(29)26-23(28)34-22)9-14-10-17(24)19(18(11-14)32-4)33-35(30,31)15-7-5-13(3)6-8-15/h5-12,25H,1-4H3/b16-9+,25-20?. The van der Waals surface area contributed by atoms with Crippen molar-refractivity contribution in [1.29, 1.82) is 5.41 Å². The van der Waals surface area contributed by atoms with E-state index >= 15 is 0 Å². The Morgan fingerprint density at radius 3 is 2.51 bits per heavy atom. The first-order chi connectivity index (χ1) is 16.5. The summed E-state index contributed by atoms with van der Waals surface area (Å²) in [5, 5.41) is 15.4. The Kier molecular flexibility index (Phi) is 6.89. The summed E-state index contributed by atoms with van der Waals surface area (Å²) in [6, 6.07) is 9.35. The molecule has 0 spiro atoms. The Hall–Kier alpha value is -2.96. The van der Waals surface area contributed by atoms with E-state index in [0.717, 1.165) is 10.6 Å². The molecule has 0 atom stereocenters. The molecule has 0 aliphatic carbocycles. The van der Waals surface area contributed by atoms with Gasteiger partial charge >= 0.3 is 10.1 Å². The van der Waals surface area contributed by atoms with Crippen LogP contribution in [-0.4, -0.2) is 42.5 Å². The first-order valence-electron chi connectivity index (χ1n) is 10.4. The largest absolute Gasteiger partial charge is 0.493 e. The van der Waals surface area contributed by atoms with E-state index in [1.54, 1.807) is 18.2 Å². The van der Waals surface area contributed by atoms with Gasteiger partial charge in [0.05, 0.1) is 17.2 Å². The lowest BCUT2D eigenvalue weighted by Crippen LogP contribution is -2.35. The van der Waals surface area contributed by atoms with Gasteiger partial charge in [-0.05, 0) is 70.5 Å². The highest BCUT2D eigenvalue weighted by Crippen LogP contribution is 2.39. The summed E-state index contributed by atoms with van der Waals surface area (Å²) in [7, 11) is -2.75. The molecule has 35 heavy (non-hydrogen) atoms. The van der Waals surface area contributed by atoms with Gasteiger partial charge in [0.15, 0.2) is 17.3 Å². The quantitative estimate of drug-likeness (QED) is 0.386. The van der Waals surface area contributed by atoms with Crippen molar-refractivity contribution >= 4 is 65.8 Å². The van der Waals surface area contributed by atoms with Crippen molar-refractivity contribution in [3.8, 4) is 11.5 Å². The number of carbonyl (C=O) groups is 1. The van der Waals surface area contributed by atoms with Crippen molar-refractivity contribution in [1.82, 2.24) is 5.01 Å². The molecule has 2 aromatic rings. The molecule has 0 saturated heterocycles. The highest BCUT2D eigenvalue weighted by atomic mass is 79.9. The van der Waals surface area contributed by atoms with Crippen LogP contribution in [0.15, 0.2) is 61.4 Å². The second kappa shape index (κ2) is 9.59. The summed E-state index contributed by atoms with van der Waals surface area (Å²) in [5.74, 6) is -0.445. The highest BCUT2D eigenvalue weighted by molar-refractivity contribution is 9.10. The number of benzene rings is 2. The van der Waals surface area contributed by atoms with Crippen molar-refractivity contribution in [2.24, 2.45) is 16.0 Å². The summed E-state index contributed by atoms with van der Waals surface area (Å²) in [4.78, 5) is 16.7. The van der Waals surface area contributed by atoms with E-state index in [2.05, 4.69) is 26.0 Å². The van der Waals surface area contributed by atoms with E-state index in [4.69, 9.17) is 14.3 Å². The van der Waals surface area contributed by atoms with Crippen LogP contribution in [0, 0.1) is 18.3 Å². The lowest BCUT2D eigenvalue weighted by molar-refractivity contribution is -0.114. The number of ether oxygens (including phenoxy) is 1. The molecule has 0 aromatic heterocycles. The fraction of sp³-hybridized carbons (Fsp3) is 0.217. The number of rotatable bonds is 6. The summed E-state index contributed by atoms with van der Waals surface area (Å²) in [5.41, 5.74) is 1.43. The van der Waals surface area contributed by atoms with Crippen LogP contribution in [0.2, 0.25) is 0 Å². The Morgan fingerprint density at radius 2 is 1.89 bits per heavy atom. The number of fused-ring (bicyclic) bond motifs is 1. The topological polar surface area (TPSA) is 121 Å². The third-order valence-electron chi connectivity index (χ3n) is 5.03. The second-order valence-corrected chi connectivity index (χ2v) is 11.4. The van der Waals surface area contributed by atoms with Crippen LogP contribution in [0.25, 0.3) is 6.08 Å². The molecule has 182 valence electrons. The molecule has 0 saturated carbocycles. The van der Waals surface area contributed by atoms with Gasteiger partial charge in [-0.3, -0.25) is 10.2 Å². The minimum atomic E-state index is -4.12. The van der Waals surface area contributed by atoms with Gasteiger partial charge in [-0.25, -0.2) is 0 Å². The first-order valence-corrected chi connectivity index (χ1v) is 13.4. The SMILES string of the molecule is COc1cc(/C=C2\C(=N)N3N=C(C(C)C)SC3=NC2=O)cc(Br)c1OS(=O)(=O)c1ccc(C)cc1. The van der Waals surface area contributed by atoms with E-state index in [1.165, 1.54) is 48.2 Å². The minimum Gasteiger partial charge on any atom is -0.493 e. The molecule has 4 rings (SSSR count). The van der Waals surface area contributed by atoms with Crippen molar-refractivity contribution in [3.63, 3.8) is 0 Å². The number of aliphatic imine (C=N–C) groups is 1. The number of thioether (sulfide) groups is 1. The van der Waals surface area contributed by atoms with Crippen LogP contribution in [0.1, 0.15) is 25.0 Å². The Bertz CT molecular complexity index is 1430. The predicted molar refractivity (Wildman–Crippen MR) is 140 cm³/mol. The van der Waals surface area contributed by atoms with E-state index in [-0.39, 0.29) is 38.2 Å². The minimum absolute atomic E-state index is 0.00275. The number of methoxy groups -OCH3 is 1. The number of nitrogens with zero attached hydrogens (tertiary/aromatic N) is 3. The molecule has 1 N–H and O–H groups in total. The van der Waals surface area contributed by atoms with Crippen molar-refractivity contribution in [2.45, 2.75) is 25.7 Å². The third-order valence-corrected chi connectivity index (χ3v) is 8.06. The number of halogens is 1. The normalized spacial score (nSPS) is 17.0. The average molecular weight is 577 g/mol. The molecule has 2 aliphatic rings. The summed E-state index contributed by atoms with van der Waals surface area (Å²) >= 11 is 4.61. The van der Waals surface area contributed by atoms with Gasteiger partial charge in [0.2, 0.25) is 5.17 Å². The average Bonchev–Trinajstić information content (AvgIpc) is 3.23. The molecule has 2 aliphatic heterocycles. The molecule has 9 nitrogen and oxygen atoms in total. The zero-order valence-electron chi connectivity index (χ0n) is 19.2. The van der Waals surface area contributed by atoms with Crippen molar-refractivity contribution in [2.75, 3.05) is 7.11 Å². The third kappa shape index (κ3) is 5.04. The maximum atomic E-state index is 12.8. The molecule has 0 radical (unpaired) electrons. The fourth-order valence-corrected chi connectivity index (χ4v) is 5.67. The number of amidine groups is 2. The number of carbonyl (C=O) groups excluding carboxylic acids is 1. The monoisotopic (exact) mass is 576 g/mol. The Labute approximate surface area is 215 Å². The van der Waals surface area contributed by atoms with Gasteiger partial charge in [0, 0.05) is 5.92 Å². The maximum absolute atomic E-state index is 12.8. The molecule has 0 fully saturated rings. The van der Waals surface area contributed by atoms with Crippen molar-refractivity contribution in [3.05, 3.63) is 57.6 Å². The van der Waals surface area contributed by atoms with Gasteiger partial charge in [-0.2, -0.15) is 23.5 Å². The van der Waals surface area contributed by atoms with Crippen LogP contribution < -0.4 is 8.92 Å². The lowest BCUT2D eigenvalue weighted by Gasteiger charge is -2.20. The molecule has 0 bridgehead atoms. The molecular weight excluding hydrogens is 556 g/mol. The second-order valence-electron chi connectivity index (χ2n) is 8.00. The predicted octanol–water partition coefficient (Wildman–Crippen LogP) is 4.81. The van der Waals surface area contributed by atoms with Crippen molar-refractivity contribution < 1.29 is 22.1 Å². The van der Waals surface area contributed by atoms with Crippen LogP contribution in [0.3, 0.4) is 0 Å². The molecule has 12 heteroatoms. The van der Waals surface area contributed by atoms with Gasteiger partial charge in [-0.15, -0.1) is 0 Å². The van der Waals surface area contributed by atoms with Gasteiger partial charge in [0.1, 0.15) is 9.94 Å². The summed E-state index contributed by atoms with van der Waals surface area (Å²) in [6.45, 7) is 5.80. The van der Waals surface area contributed by atoms with E-state index in [9.17, 15) is 13.2 Å². The van der Waals surface area contributed by atoms with Crippen LogP contribution in [-0.2, 0) is 14.9 Å². The number of amides is 1. The Balaban J connectivity index is 1.68. The Morgan fingerprint density at radius 1 is 1.20 bits per heavy atom. The van der Waals surface area contributed by atoms with Gasteiger partial charge in [0.25, 0.3) is 5.91 Å². The summed E-state index contributed by atoms with van der Waals surface area (Å²) in [6.07, 6.45) is 1.48. The van der Waals surface area contributed by atoms with Crippen LogP contribution >= 0.6 is 27.7 Å². The van der Waals surface area contributed by atoms with Gasteiger partial charge in [-0.1, -0.05) is 31.5 Å². The molecule has 0 unspecified atom stereocenters. The van der Waals surface area contributed by atoms with E-state index in [0.29, 0.717) is 10.7 Å². The first kappa shape index (κ1) is 25.1. The van der Waals surface area contributed by atoms with Gasteiger partial charge < -0.3 is 8.92 Å². The smallest absolute Gasteiger partial charge is 0.339 e. The van der Waals surface area contributed by atoms with E-state index in [1.807, 2.05) is 20.8 Å². The number of hydrogen-bond donors (Lipinski definition) is 1.